The van der Waals surface area contributed by atoms with E-state index in [-0.39, 0.29) is 11.6 Å². The van der Waals surface area contributed by atoms with E-state index in [0.29, 0.717) is 16.2 Å². The van der Waals surface area contributed by atoms with E-state index in [1.165, 1.54) is 12.1 Å². The molecule has 0 unspecified atom stereocenters. The molecule has 26 heavy (non-hydrogen) atoms. The maximum atomic E-state index is 13.1. The molecule has 0 aliphatic carbocycles. The molecule has 134 valence electrons. The largest absolute Gasteiger partial charge is 0.496 e. The van der Waals surface area contributed by atoms with E-state index >= 15 is 0 Å². The number of ether oxygens (including phenoxy) is 1. The number of imide groups is 1. The second kappa shape index (κ2) is 7.82. The Bertz CT molecular complexity index is 935. The molecule has 1 heterocycles. The van der Waals surface area contributed by atoms with Gasteiger partial charge in [0.1, 0.15) is 11.6 Å². The van der Waals surface area contributed by atoms with Crippen LogP contribution >= 0.6 is 39.3 Å². The van der Waals surface area contributed by atoms with E-state index in [1.807, 2.05) is 0 Å². The van der Waals surface area contributed by atoms with Gasteiger partial charge in [0.15, 0.2) is 0 Å². The molecule has 8 heteroatoms. The molecule has 0 spiro atoms. The second-order valence-electron chi connectivity index (χ2n) is 5.40. The molecular weight excluding hydrogens is 445 g/mol. The number of halogens is 3. The smallest absolute Gasteiger partial charge is 0.293 e. The van der Waals surface area contributed by atoms with E-state index < -0.39 is 17.0 Å². The van der Waals surface area contributed by atoms with E-state index in [0.717, 1.165) is 32.8 Å². The van der Waals surface area contributed by atoms with Crippen molar-refractivity contribution in [3.63, 3.8) is 0 Å². The first-order chi connectivity index (χ1) is 12.4. The quantitative estimate of drug-likeness (QED) is 0.571. The van der Waals surface area contributed by atoms with Crippen LogP contribution in [-0.4, -0.2) is 23.2 Å². The van der Waals surface area contributed by atoms with Gasteiger partial charge in [0.25, 0.3) is 11.1 Å². The van der Waals surface area contributed by atoms with Crippen LogP contribution < -0.4 is 4.74 Å². The van der Waals surface area contributed by atoms with Crippen LogP contribution in [0.2, 0.25) is 5.02 Å². The van der Waals surface area contributed by atoms with Crippen molar-refractivity contribution in [3.8, 4) is 5.75 Å². The van der Waals surface area contributed by atoms with Crippen molar-refractivity contribution >= 4 is 56.5 Å². The number of carbonyl (C=O) groups is 2. The Morgan fingerprint density at radius 2 is 2.04 bits per heavy atom. The highest BCUT2D eigenvalue weighted by molar-refractivity contribution is 9.10. The lowest BCUT2D eigenvalue weighted by atomic mass is 10.2. The van der Waals surface area contributed by atoms with Crippen molar-refractivity contribution < 1.29 is 18.7 Å². The van der Waals surface area contributed by atoms with Crippen LogP contribution in [0.1, 0.15) is 11.1 Å². The van der Waals surface area contributed by atoms with Crippen LogP contribution in [0.3, 0.4) is 0 Å². The normalized spacial score (nSPS) is 15.8. The molecule has 4 nitrogen and oxygen atoms in total. The fourth-order valence-electron chi connectivity index (χ4n) is 2.38. The summed E-state index contributed by atoms with van der Waals surface area (Å²) in [5.41, 5.74) is 1.26. The van der Waals surface area contributed by atoms with E-state index in [4.69, 9.17) is 16.3 Å². The molecule has 0 aromatic heterocycles. The van der Waals surface area contributed by atoms with Crippen molar-refractivity contribution in [2.45, 2.75) is 6.54 Å². The Kier molecular flexibility index (Phi) is 5.70. The van der Waals surface area contributed by atoms with Gasteiger partial charge in [-0.3, -0.25) is 14.5 Å². The highest BCUT2D eigenvalue weighted by atomic mass is 79.9. The molecule has 0 N–H and O–H groups in total. The van der Waals surface area contributed by atoms with Gasteiger partial charge >= 0.3 is 0 Å². The monoisotopic (exact) mass is 455 g/mol. The minimum absolute atomic E-state index is 0.00652. The third-order valence-corrected chi connectivity index (χ3v) is 5.57. The molecule has 2 aromatic rings. The van der Waals surface area contributed by atoms with Gasteiger partial charge in [0.2, 0.25) is 0 Å². The maximum absolute atomic E-state index is 13.1. The van der Waals surface area contributed by atoms with Gasteiger partial charge in [0, 0.05) is 5.02 Å². The van der Waals surface area contributed by atoms with Gasteiger partial charge in [-0.25, -0.2) is 4.39 Å². The number of benzene rings is 2. The van der Waals surface area contributed by atoms with Crippen molar-refractivity contribution in [2.24, 2.45) is 0 Å². The summed E-state index contributed by atoms with van der Waals surface area (Å²) in [4.78, 5) is 26.2. The zero-order valence-electron chi connectivity index (χ0n) is 13.5. The standard InChI is InChI=1S/C18H12BrClFNO3S/c1-25-15-5-2-10(6-13(15)19)7-16-17(23)22(18(24)26-16)9-11-3-4-12(21)8-14(11)20/h2-8H,9H2,1H3/b16-7-. The summed E-state index contributed by atoms with van der Waals surface area (Å²) in [5, 5.41) is -0.221. The molecule has 1 saturated heterocycles. The third-order valence-electron chi connectivity index (χ3n) is 3.69. The first-order valence-electron chi connectivity index (χ1n) is 7.42. The third kappa shape index (κ3) is 3.95. The van der Waals surface area contributed by atoms with Crippen LogP contribution in [0.4, 0.5) is 9.18 Å². The number of amides is 2. The number of nitrogens with zero attached hydrogens (tertiary/aromatic N) is 1. The number of hydrogen-bond donors (Lipinski definition) is 0. The summed E-state index contributed by atoms with van der Waals surface area (Å²) in [7, 11) is 1.56. The van der Waals surface area contributed by atoms with Crippen LogP contribution in [-0.2, 0) is 11.3 Å². The van der Waals surface area contributed by atoms with Gasteiger partial charge in [-0.1, -0.05) is 23.7 Å². The van der Waals surface area contributed by atoms with Gasteiger partial charge in [-0.2, -0.15) is 0 Å². The first-order valence-corrected chi connectivity index (χ1v) is 9.40. The lowest BCUT2D eigenvalue weighted by Gasteiger charge is -2.13. The van der Waals surface area contributed by atoms with Gasteiger partial charge in [-0.05, 0) is 69.2 Å². The molecule has 0 atom stereocenters. The zero-order valence-corrected chi connectivity index (χ0v) is 16.6. The fraction of sp³-hybridized carbons (Fsp3) is 0.111. The van der Waals surface area contributed by atoms with Crippen molar-refractivity contribution in [1.82, 2.24) is 4.90 Å². The second-order valence-corrected chi connectivity index (χ2v) is 7.65. The highest BCUT2D eigenvalue weighted by Gasteiger charge is 2.35. The fourth-order valence-corrected chi connectivity index (χ4v) is 4.00. The SMILES string of the molecule is COc1ccc(/C=C2\SC(=O)N(Cc3ccc(F)cc3Cl)C2=O)cc1Br. The van der Waals surface area contributed by atoms with Gasteiger partial charge in [0.05, 0.1) is 23.0 Å². The molecule has 2 aromatic carbocycles. The number of rotatable bonds is 4. The first kappa shape index (κ1) is 18.9. The highest BCUT2D eigenvalue weighted by Crippen LogP contribution is 2.35. The minimum atomic E-state index is -0.474. The Morgan fingerprint density at radius 1 is 1.27 bits per heavy atom. The average molecular weight is 457 g/mol. The van der Waals surface area contributed by atoms with Crippen LogP contribution in [0.25, 0.3) is 6.08 Å². The summed E-state index contributed by atoms with van der Waals surface area (Å²) in [5.74, 6) is -0.216. The van der Waals surface area contributed by atoms with E-state index in [9.17, 15) is 14.0 Å². The molecule has 3 rings (SSSR count). The molecule has 0 saturated carbocycles. The zero-order chi connectivity index (χ0) is 18.8. The van der Waals surface area contributed by atoms with Crippen molar-refractivity contribution in [3.05, 3.63) is 67.7 Å². The minimum Gasteiger partial charge on any atom is -0.496 e. The summed E-state index contributed by atoms with van der Waals surface area (Å²) in [6, 6.07) is 9.20. The molecular formula is C18H12BrClFNO3S. The average Bonchev–Trinajstić information content (AvgIpc) is 2.84. The molecule has 0 radical (unpaired) electrons. The van der Waals surface area contributed by atoms with Crippen molar-refractivity contribution in [1.29, 1.82) is 0 Å². The lowest BCUT2D eigenvalue weighted by molar-refractivity contribution is -0.123. The van der Waals surface area contributed by atoms with Crippen LogP contribution in [0.15, 0.2) is 45.8 Å². The number of thioether (sulfide) groups is 1. The van der Waals surface area contributed by atoms with E-state index in [2.05, 4.69) is 15.9 Å². The van der Waals surface area contributed by atoms with Gasteiger partial charge < -0.3 is 4.74 Å². The Hall–Kier alpha value is -1.83. The predicted molar refractivity (Wildman–Crippen MR) is 104 cm³/mol. The Labute approximate surface area is 167 Å². The Morgan fingerprint density at radius 3 is 2.69 bits per heavy atom. The summed E-state index contributed by atoms with van der Waals surface area (Å²) in [6.07, 6.45) is 1.64. The van der Waals surface area contributed by atoms with Crippen LogP contribution in [0.5, 0.6) is 5.75 Å². The summed E-state index contributed by atoms with van der Waals surface area (Å²) >= 11 is 10.2. The lowest BCUT2D eigenvalue weighted by Crippen LogP contribution is -2.27. The maximum Gasteiger partial charge on any atom is 0.293 e. The number of methoxy groups -OCH3 is 1. The Balaban J connectivity index is 1.83. The predicted octanol–water partition coefficient (Wildman–Crippen LogP) is 5.49. The topological polar surface area (TPSA) is 46.6 Å². The summed E-state index contributed by atoms with van der Waals surface area (Å²) in [6.45, 7) is -0.00652. The molecule has 1 aliphatic heterocycles. The number of carbonyl (C=O) groups excluding carboxylic acids is 2. The molecule has 1 aliphatic rings. The van der Waals surface area contributed by atoms with E-state index in [1.54, 1.807) is 31.4 Å². The molecule has 1 fully saturated rings. The summed E-state index contributed by atoms with van der Waals surface area (Å²) < 4.78 is 19.1. The van der Waals surface area contributed by atoms with Crippen molar-refractivity contribution in [2.75, 3.05) is 7.11 Å². The molecule has 2 amide bonds. The molecule has 0 bridgehead atoms. The van der Waals surface area contributed by atoms with Gasteiger partial charge in [-0.15, -0.1) is 0 Å². The number of hydrogen-bond acceptors (Lipinski definition) is 4. The van der Waals surface area contributed by atoms with Crippen LogP contribution in [0, 0.1) is 5.82 Å².